The smallest absolute Gasteiger partial charge is 0.205 e. The zero-order valence-corrected chi connectivity index (χ0v) is 7.65. The van der Waals surface area contributed by atoms with Crippen LogP contribution in [0.2, 0.25) is 0 Å². The molecule has 4 nitrogen and oxygen atoms in total. The molecule has 4 heteroatoms. The second-order valence-electron chi connectivity index (χ2n) is 3.04. The van der Waals surface area contributed by atoms with Gasteiger partial charge in [-0.1, -0.05) is 0 Å². The molecule has 0 saturated heterocycles. The minimum Gasteiger partial charge on any atom is -0.383 e. The molecular formula is C10H8N4. The van der Waals surface area contributed by atoms with Gasteiger partial charge < -0.3 is 5.73 Å². The average Bonchev–Trinajstić information content (AvgIpc) is 2.19. The van der Waals surface area contributed by atoms with E-state index in [1.165, 1.54) is 6.20 Å². The molecule has 0 amide bonds. The first-order chi connectivity index (χ1) is 6.70. The van der Waals surface area contributed by atoms with Crippen molar-refractivity contribution in [1.29, 1.82) is 0 Å². The monoisotopic (exact) mass is 184 g/mol. The highest BCUT2D eigenvalue weighted by atomic mass is 14.9. The van der Waals surface area contributed by atoms with Crippen LogP contribution in [0.4, 0.5) is 11.5 Å². The number of hydrogen-bond donors (Lipinski definition) is 1. The molecule has 68 valence electrons. The van der Waals surface area contributed by atoms with E-state index in [0.29, 0.717) is 17.2 Å². The van der Waals surface area contributed by atoms with Crippen LogP contribution in [0, 0.1) is 13.5 Å². The van der Waals surface area contributed by atoms with Gasteiger partial charge in [0.15, 0.2) is 5.65 Å². The van der Waals surface area contributed by atoms with E-state index in [4.69, 9.17) is 12.3 Å². The molecule has 2 aromatic heterocycles. The molecule has 0 aliphatic heterocycles. The van der Waals surface area contributed by atoms with Gasteiger partial charge in [-0.15, -0.1) is 0 Å². The summed E-state index contributed by atoms with van der Waals surface area (Å²) in [5.41, 5.74) is 7.65. The van der Waals surface area contributed by atoms with Gasteiger partial charge in [0, 0.05) is 11.6 Å². The number of nitrogen functional groups attached to an aromatic ring is 1. The fourth-order valence-electron chi connectivity index (χ4n) is 1.23. The van der Waals surface area contributed by atoms with Crippen molar-refractivity contribution in [3.05, 3.63) is 35.3 Å². The topological polar surface area (TPSA) is 56.2 Å². The lowest BCUT2D eigenvalue weighted by Crippen LogP contribution is -1.95. The normalized spacial score (nSPS) is 10.0. The van der Waals surface area contributed by atoms with Crippen molar-refractivity contribution in [2.75, 3.05) is 5.73 Å². The quantitative estimate of drug-likeness (QED) is 0.637. The van der Waals surface area contributed by atoms with Crippen LogP contribution in [0.1, 0.15) is 5.56 Å². The minimum absolute atomic E-state index is 0.487. The summed E-state index contributed by atoms with van der Waals surface area (Å²) in [4.78, 5) is 11.5. The van der Waals surface area contributed by atoms with Crippen molar-refractivity contribution in [1.82, 2.24) is 9.97 Å². The molecule has 0 bridgehead atoms. The molecule has 0 saturated carbocycles. The zero-order chi connectivity index (χ0) is 10.1. The maximum Gasteiger partial charge on any atom is 0.205 e. The molecule has 0 aromatic carbocycles. The van der Waals surface area contributed by atoms with Crippen LogP contribution in [0.25, 0.3) is 15.9 Å². The molecular weight excluding hydrogens is 176 g/mol. The summed E-state index contributed by atoms with van der Waals surface area (Å²) >= 11 is 0. The van der Waals surface area contributed by atoms with Crippen LogP contribution in [0.5, 0.6) is 0 Å². The van der Waals surface area contributed by atoms with E-state index in [2.05, 4.69) is 14.8 Å². The molecule has 2 heterocycles. The number of nitrogens with two attached hydrogens (primary N) is 1. The number of fused-ring (bicyclic) bond motifs is 1. The Bertz CT molecular complexity index is 540. The largest absolute Gasteiger partial charge is 0.383 e. The fraction of sp³-hybridized carbons (Fsp3) is 0.100. The molecule has 0 spiro atoms. The van der Waals surface area contributed by atoms with Crippen LogP contribution >= 0.6 is 0 Å². The summed E-state index contributed by atoms with van der Waals surface area (Å²) in [6.45, 7) is 8.74. The van der Waals surface area contributed by atoms with Crippen LogP contribution in [0.3, 0.4) is 0 Å². The third kappa shape index (κ3) is 1.25. The van der Waals surface area contributed by atoms with Gasteiger partial charge in [-0.2, -0.15) is 0 Å². The molecule has 0 aliphatic rings. The molecule has 0 atom stereocenters. The first-order valence-corrected chi connectivity index (χ1v) is 4.11. The van der Waals surface area contributed by atoms with Crippen LogP contribution in [-0.2, 0) is 0 Å². The summed E-state index contributed by atoms with van der Waals surface area (Å²) in [6.07, 6.45) is 1.50. The van der Waals surface area contributed by atoms with E-state index in [1.54, 1.807) is 6.07 Å². The van der Waals surface area contributed by atoms with E-state index in [-0.39, 0.29) is 0 Å². The van der Waals surface area contributed by atoms with E-state index in [0.717, 1.165) is 10.9 Å². The van der Waals surface area contributed by atoms with Gasteiger partial charge in [0.2, 0.25) is 5.69 Å². The lowest BCUT2D eigenvalue weighted by atomic mass is 10.2. The third-order valence-corrected chi connectivity index (χ3v) is 2.01. The number of nitrogens with zero attached hydrogens (tertiary/aromatic N) is 3. The molecule has 0 unspecified atom stereocenters. The number of aromatic nitrogens is 2. The van der Waals surface area contributed by atoms with Crippen LogP contribution in [0.15, 0.2) is 18.3 Å². The van der Waals surface area contributed by atoms with Crippen molar-refractivity contribution in [2.24, 2.45) is 0 Å². The average molecular weight is 184 g/mol. The number of anilines is 1. The zero-order valence-electron chi connectivity index (χ0n) is 7.65. The predicted octanol–water partition coefficient (Wildman–Crippen LogP) is 2.07. The Labute approximate surface area is 81.2 Å². The maximum absolute atomic E-state index is 6.85. The summed E-state index contributed by atoms with van der Waals surface area (Å²) < 4.78 is 0. The lowest BCUT2D eigenvalue weighted by Gasteiger charge is -2.01. The second-order valence-corrected chi connectivity index (χ2v) is 3.04. The van der Waals surface area contributed by atoms with Crippen molar-refractivity contribution in [2.45, 2.75) is 6.92 Å². The lowest BCUT2D eigenvalue weighted by molar-refractivity contribution is 1.27. The standard InChI is InChI=1S/C10H8N4/c1-6-3-7-4-8(12-2)5-13-10(7)14-9(6)11/h3-5H,1H3,(H2,11,13,14). The van der Waals surface area contributed by atoms with Crippen molar-refractivity contribution < 1.29 is 0 Å². The summed E-state index contributed by atoms with van der Waals surface area (Å²) in [7, 11) is 0. The van der Waals surface area contributed by atoms with Crippen molar-refractivity contribution in [3.8, 4) is 0 Å². The van der Waals surface area contributed by atoms with E-state index < -0.39 is 0 Å². The predicted molar refractivity (Wildman–Crippen MR) is 54.9 cm³/mol. The molecule has 0 fully saturated rings. The number of pyridine rings is 2. The van der Waals surface area contributed by atoms with Gasteiger partial charge in [-0.3, -0.25) is 0 Å². The Kier molecular flexibility index (Phi) is 1.79. The van der Waals surface area contributed by atoms with Gasteiger partial charge in [0.05, 0.1) is 6.57 Å². The highest BCUT2D eigenvalue weighted by Gasteiger charge is 2.01. The van der Waals surface area contributed by atoms with Crippen LogP contribution < -0.4 is 5.73 Å². The van der Waals surface area contributed by atoms with Gasteiger partial charge in [-0.25, -0.2) is 14.8 Å². The van der Waals surface area contributed by atoms with Gasteiger partial charge in [-0.05, 0) is 24.6 Å². The molecule has 14 heavy (non-hydrogen) atoms. The molecule has 0 aliphatic carbocycles. The first kappa shape index (κ1) is 8.45. The van der Waals surface area contributed by atoms with E-state index >= 15 is 0 Å². The number of rotatable bonds is 0. The van der Waals surface area contributed by atoms with Gasteiger partial charge in [0.1, 0.15) is 5.82 Å². The maximum atomic E-state index is 6.85. The Hall–Kier alpha value is -2.15. The highest BCUT2D eigenvalue weighted by molar-refractivity contribution is 5.80. The Morgan fingerprint density at radius 2 is 2.21 bits per heavy atom. The summed E-state index contributed by atoms with van der Waals surface area (Å²) in [6, 6.07) is 3.65. The molecule has 2 rings (SSSR count). The number of aryl methyl sites for hydroxylation is 1. The molecule has 2 aromatic rings. The van der Waals surface area contributed by atoms with Crippen molar-refractivity contribution in [3.63, 3.8) is 0 Å². The molecule has 0 radical (unpaired) electrons. The third-order valence-electron chi connectivity index (χ3n) is 2.01. The summed E-state index contributed by atoms with van der Waals surface area (Å²) in [5, 5.41) is 0.852. The summed E-state index contributed by atoms with van der Waals surface area (Å²) in [5.74, 6) is 0.487. The molecule has 2 N–H and O–H groups in total. The SMILES string of the molecule is [C-]#[N+]c1cnc2nc(N)c(C)cc2c1. The Balaban J connectivity index is 2.78. The Morgan fingerprint density at radius 1 is 1.43 bits per heavy atom. The minimum atomic E-state index is 0.487. The second kappa shape index (κ2) is 2.96. The van der Waals surface area contributed by atoms with Gasteiger partial charge in [0.25, 0.3) is 0 Å². The number of hydrogen-bond acceptors (Lipinski definition) is 3. The van der Waals surface area contributed by atoms with Crippen molar-refractivity contribution >= 4 is 22.5 Å². The van der Waals surface area contributed by atoms with E-state index in [1.807, 2.05) is 13.0 Å². The highest BCUT2D eigenvalue weighted by Crippen LogP contribution is 2.20. The van der Waals surface area contributed by atoms with Gasteiger partial charge >= 0.3 is 0 Å². The van der Waals surface area contributed by atoms with Crippen LogP contribution in [-0.4, -0.2) is 9.97 Å². The fourth-order valence-corrected chi connectivity index (χ4v) is 1.23. The Morgan fingerprint density at radius 3 is 2.93 bits per heavy atom. The van der Waals surface area contributed by atoms with E-state index in [9.17, 15) is 0 Å². The first-order valence-electron chi connectivity index (χ1n) is 4.11.